The third-order valence-corrected chi connectivity index (χ3v) is 5.44. The van der Waals surface area contributed by atoms with Gasteiger partial charge >= 0.3 is 0 Å². The topological polar surface area (TPSA) is 82.4 Å². The molecular weight excluding hydrogens is 268 g/mol. The van der Waals surface area contributed by atoms with Crippen LogP contribution >= 0.6 is 0 Å². The minimum atomic E-state index is -3.62. The van der Waals surface area contributed by atoms with E-state index in [0.29, 0.717) is 13.1 Å². The number of nitrogens with zero attached hydrogens (tertiary/aromatic N) is 2. The lowest BCUT2D eigenvalue weighted by molar-refractivity contribution is -0.255. The van der Waals surface area contributed by atoms with E-state index in [1.165, 1.54) is 23.5 Å². The predicted octanol–water partition coefficient (Wildman–Crippen LogP) is -0.0467. The summed E-state index contributed by atoms with van der Waals surface area (Å²) < 4.78 is 27.6. The van der Waals surface area contributed by atoms with E-state index < -0.39 is 16.0 Å². The van der Waals surface area contributed by atoms with Crippen LogP contribution in [-0.2, 0) is 17.1 Å². The Labute approximate surface area is 112 Å². The Balaban J connectivity index is 2.36. The number of carboxylic acids is 1. The second-order valence-corrected chi connectivity index (χ2v) is 6.61. The molecule has 2 heterocycles. The van der Waals surface area contributed by atoms with Crippen LogP contribution in [0.4, 0.5) is 0 Å². The molecule has 0 aliphatic carbocycles. The van der Waals surface area contributed by atoms with Crippen molar-refractivity contribution in [2.75, 3.05) is 13.1 Å². The Morgan fingerprint density at radius 1 is 1.16 bits per heavy atom. The second-order valence-electron chi connectivity index (χ2n) is 4.72. The maximum absolute atomic E-state index is 12.5. The molecule has 19 heavy (non-hydrogen) atoms. The van der Waals surface area contributed by atoms with Gasteiger partial charge in [0, 0.05) is 20.1 Å². The molecule has 1 saturated heterocycles. The van der Waals surface area contributed by atoms with Gasteiger partial charge in [0.05, 0.1) is 11.7 Å². The molecule has 0 saturated carbocycles. The summed E-state index contributed by atoms with van der Waals surface area (Å²) in [6.07, 6.45) is 3.75. The number of sulfonamides is 1. The lowest BCUT2D eigenvalue weighted by atomic mass is 10.2. The van der Waals surface area contributed by atoms with Crippen molar-refractivity contribution in [2.24, 2.45) is 7.05 Å². The highest BCUT2D eigenvalue weighted by atomic mass is 32.2. The molecule has 1 aliphatic rings. The molecule has 0 spiro atoms. The first-order chi connectivity index (χ1) is 8.94. The highest BCUT2D eigenvalue weighted by Gasteiger charge is 2.28. The van der Waals surface area contributed by atoms with Gasteiger partial charge in [-0.1, -0.05) is 12.8 Å². The Morgan fingerprint density at radius 2 is 1.74 bits per heavy atom. The van der Waals surface area contributed by atoms with Crippen molar-refractivity contribution in [2.45, 2.75) is 30.7 Å². The first kappa shape index (κ1) is 14.1. The SMILES string of the molecule is Cn1c(C(=O)[O-])ccc1S(=O)(=O)N1CCCCCC1. The van der Waals surface area contributed by atoms with Crippen molar-refractivity contribution in [1.82, 2.24) is 8.87 Å². The largest absolute Gasteiger partial charge is 0.543 e. The van der Waals surface area contributed by atoms with Gasteiger partial charge in [0.25, 0.3) is 10.0 Å². The number of carbonyl (C=O) groups is 1. The van der Waals surface area contributed by atoms with Gasteiger partial charge in [0.15, 0.2) is 5.03 Å². The molecule has 1 aromatic rings. The van der Waals surface area contributed by atoms with Crippen LogP contribution in [0.1, 0.15) is 36.2 Å². The third kappa shape index (κ3) is 2.66. The molecule has 0 radical (unpaired) electrons. The molecule has 0 amide bonds. The van der Waals surface area contributed by atoms with Crippen molar-refractivity contribution in [3.8, 4) is 0 Å². The number of hydrogen-bond donors (Lipinski definition) is 0. The number of carbonyl (C=O) groups excluding carboxylic acids is 1. The van der Waals surface area contributed by atoms with Gasteiger partial charge in [-0.05, 0) is 25.0 Å². The second kappa shape index (κ2) is 5.34. The van der Waals surface area contributed by atoms with Crippen molar-refractivity contribution in [1.29, 1.82) is 0 Å². The lowest BCUT2D eigenvalue weighted by Crippen LogP contribution is -2.33. The van der Waals surface area contributed by atoms with Gasteiger partial charge < -0.3 is 14.5 Å². The smallest absolute Gasteiger partial charge is 0.258 e. The molecule has 6 nitrogen and oxygen atoms in total. The maximum atomic E-state index is 12.5. The van der Waals surface area contributed by atoms with Crippen LogP contribution in [0.5, 0.6) is 0 Å². The van der Waals surface area contributed by atoms with Crippen LogP contribution in [0, 0.1) is 0 Å². The van der Waals surface area contributed by atoms with Crippen molar-refractivity contribution in [3.05, 3.63) is 17.8 Å². The molecule has 0 aromatic carbocycles. The number of hydrogen-bond acceptors (Lipinski definition) is 4. The lowest BCUT2D eigenvalue weighted by Gasteiger charge is -2.20. The van der Waals surface area contributed by atoms with E-state index in [1.807, 2.05) is 0 Å². The Morgan fingerprint density at radius 3 is 2.21 bits per heavy atom. The van der Waals surface area contributed by atoms with Gasteiger partial charge in [0.1, 0.15) is 0 Å². The van der Waals surface area contributed by atoms with E-state index in [9.17, 15) is 18.3 Å². The Hall–Kier alpha value is -1.34. The van der Waals surface area contributed by atoms with Gasteiger partial charge in [-0.25, -0.2) is 8.42 Å². The average Bonchev–Trinajstić information content (AvgIpc) is 2.58. The van der Waals surface area contributed by atoms with Crippen LogP contribution in [0.25, 0.3) is 0 Å². The van der Waals surface area contributed by atoms with E-state index in [0.717, 1.165) is 30.3 Å². The Kier molecular flexibility index (Phi) is 3.96. The third-order valence-electron chi connectivity index (χ3n) is 3.45. The maximum Gasteiger partial charge on any atom is 0.258 e. The summed E-state index contributed by atoms with van der Waals surface area (Å²) in [6.45, 7) is 0.988. The predicted molar refractivity (Wildman–Crippen MR) is 67.0 cm³/mol. The molecular formula is C12H17N2O4S-. The summed E-state index contributed by atoms with van der Waals surface area (Å²) in [7, 11) is -2.20. The fraction of sp³-hybridized carbons (Fsp3) is 0.583. The van der Waals surface area contributed by atoms with Crippen LogP contribution in [0.15, 0.2) is 17.2 Å². The highest BCUT2D eigenvalue weighted by molar-refractivity contribution is 7.89. The summed E-state index contributed by atoms with van der Waals surface area (Å²) in [4.78, 5) is 10.9. The first-order valence-corrected chi connectivity index (χ1v) is 7.76. The van der Waals surface area contributed by atoms with Gasteiger partial charge in [-0.2, -0.15) is 4.31 Å². The average molecular weight is 285 g/mol. The van der Waals surface area contributed by atoms with Gasteiger partial charge in [-0.3, -0.25) is 0 Å². The number of rotatable bonds is 3. The fourth-order valence-corrected chi connectivity index (χ4v) is 4.06. The zero-order valence-electron chi connectivity index (χ0n) is 10.8. The summed E-state index contributed by atoms with van der Waals surface area (Å²) >= 11 is 0. The van der Waals surface area contributed by atoms with Crippen molar-refractivity contribution < 1.29 is 18.3 Å². The molecule has 0 atom stereocenters. The molecule has 1 fully saturated rings. The van der Waals surface area contributed by atoms with Crippen LogP contribution < -0.4 is 5.11 Å². The highest BCUT2D eigenvalue weighted by Crippen LogP contribution is 2.21. The normalized spacial score (nSPS) is 18.2. The van der Waals surface area contributed by atoms with Crippen molar-refractivity contribution >= 4 is 16.0 Å². The minimum absolute atomic E-state index is 0.00796. The summed E-state index contributed by atoms with van der Waals surface area (Å²) in [5.41, 5.74) is -0.131. The molecule has 1 aromatic heterocycles. The quantitative estimate of drug-likeness (QED) is 0.780. The molecule has 0 unspecified atom stereocenters. The summed E-state index contributed by atoms with van der Waals surface area (Å²) in [5, 5.41) is 10.9. The number of aromatic nitrogens is 1. The monoisotopic (exact) mass is 285 g/mol. The van der Waals surface area contributed by atoms with Crippen LogP contribution in [0.3, 0.4) is 0 Å². The van der Waals surface area contributed by atoms with Gasteiger partial charge in [-0.15, -0.1) is 0 Å². The summed E-state index contributed by atoms with van der Waals surface area (Å²) in [5.74, 6) is -1.38. The van der Waals surface area contributed by atoms with E-state index in [-0.39, 0.29) is 10.7 Å². The summed E-state index contributed by atoms with van der Waals surface area (Å²) in [6, 6.07) is 2.59. The molecule has 0 N–H and O–H groups in total. The van der Waals surface area contributed by atoms with Crippen LogP contribution in [-0.4, -0.2) is 36.3 Å². The van der Waals surface area contributed by atoms with Crippen molar-refractivity contribution in [3.63, 3.8) is 0 Å². The van der Waals surface area contributed by atoms with E-state index in [1.54, 1.807) is 0 Å². The fourth-order valence-electron chi connectivity index (χ4n) is 2.37. The zero-order chi connectivity index (χ0) is 14.0. The molecule has 2 rings (SSSR count). The van der Waals surface area contributed by atoms with E-state index >= 15 is 0 Å². The van der Waals surface area contributed by atoms with E-state index in [2.05, 4.69) is 0 Å². The zero-order valence-corrected chi connectivity index (χ0v) is 11.6. The Bertz CT molecular complexity index is 569. The van der Waals surface area contributed by atoms with Gasteiger partial charge in [0.2, 0.25) is 0 Å². The standard InChI is InChI=1S/C12H18N2O4S/c1-13-10(12(15)16)6-7-11(13)19(17,18)14-8-4-2-3-5-9-14/h6-7H,2-5,8-9H2,1H3,(H,15,16)/p-1. The molecule has 1 aliphatic heterocycles. The number of carboxylic acid groups (broad SMARTS) is 1. The molecule has 0 bridgehead atoms. The molecule has 7 heteroatoms. The minimum Gasteiger partial charge on any atom is -0.543 e. The molecule has 106 valence electrons. The number of aromatic carboxylic acids is 1. The van der Waals surface area contributed by atoms with E-state index in [4.69, 9.17) is 0 Å². The van der Waals surface area contributed by atoms with Crippen LogP contribution in [0.2, 0.25) is 0 Å². The first-order valence-electron chi connectivity index (χ1n) is 6.32.